The van der Waals surface area contributed by atoms with Gasteiger partial charge in [0.05, 0.1) is 11.5 Å². The molecule has 6 heteroatoms. The van der Waals surface area contributed by atoms with Gasteiger partial charge >= 0.3 is 5.69 Å². The molecule has 0 heterocycles. The average molecular weight is 312 g/mol. The van der Waals surface area contributed by atoms with Gasteiger partial charge in [-0.15, -0.1) is 0 Å². The lowest BCUT2D eigenvalue weighted by Crippen LogP contribution is -2.19. The summed E-state index contributed by atoms with van der Waals surface area (Å²) < 4.78 is 5.52. The van der Waals surface area contributed by atoms with E-state index in [0.29, 0.717) is 24.8 Å². The van der Waals surface area contributed by atoms with Crippen LogP contribution in [0.4, 0.5) is 5.69 Å². The molecule has 21 heavy (non-hydrogen) atoms. The maximum Gasteiger partial charge on any atom is 0.311 e. The monoisotopic (exact) mass is 312 g/mol. The van der Waals surface area contributed by atoms with Crippen molar-refractivity contribution in [2.45, 2.75) is 26.8 Å². The number of ether oxygens (including phenoxy) is 1. The largest absolute Gasteiger partial charge is 0.487 e. The van der Waals surface area contributed by atoms with Crippen LogP contribution in [0, 0.1) is 16.0 Å². The van der Waals surface area contributed by atoms with Crippen LogP contribution in [0.1, 0.15) is 25.8 Å². The summed E-state index contributed by atoms with van der Waals surface area (Å²) in [7, 11) is 0. The number of nitro benzene ring substituents is 1. The minimum absolute atomic E-state index is 0.0444. The molecular weight excluding hydrogens is 288 g/mol. The van der Waals surface area contributed by atoms with E-state index in [2.05, 4.69) is 19.2 Å². The molecule has 1 aromatic rings. The maximum absolute atomic E-state index is 11.1. The Kier molecular flexibility index (Phi) is 8.15. The van der Waals surface area contributed by atoms with Gasteiger partial charge in [0.25, 0.3) is 0 Å². The number of nitro groups is 1. The highest BCUT2D eigenvalue weighted by atomic mass is 32.2. The molecule has 1 N–H and O–H groups in total. The van der Waals surface area contributed by atoms with Gasteiger partial charge in [0.2, 0.25) is 0 Å². The van der Waals surface area contributed by atoms with Crippen molar-refractivity contribution in [3.63, 3.8) is 0 Å². The first kappa shape index (κ1) is 17.8. The Balaban J connectivity index is 2.65. The third-order valence-electron chi connectivity index (χ3n) is 2.85. The summed E-state index contributed by atoms with van der Waals surface area (Å²) in [5.74, 6) is 1.90. The Hall–Kier alpha value is -1.27. The summed E-state index contributed by atoms with van der Waals surface area (Å²) >= 11 is 1.74. The van der Waals surface area contributed by atoms with E-state index in [1.54, 1.807) is 23.9 Å². The van der Waals surface area contributed by atoms with E-state index < -0.39 is 0 Å². The summed E-state index contributed by atoms with van der Waals surface area (Å²) in [5.41, 5.74) is 0.946. The van der Waals surface area contributed by atoms with Crippen molar-refractivity contribution in [1.82, 2.24) is 5.32 Å². The lowest BCUT2D eigenvalue weighted by molar-refractivity contribution is -0.385. The third kappa shape index (κ3) is 6.82. The molecule has 0 aromatic heterocycles. The summed E-state index contributed by atoms with van der Waals surface area (Å²) in [6.45, 7) is 6.28. The molecule has 0 aliphatic carbocycles. The van der Waals surface area contributed by atoms with Crippen molar-refractivity contribution in [2.75, 3.05) is 25.2 Å². The highest BCUT2D eigenvalue weighted by molar-refractivity contribution is 7.98. The Morgan fingerprint density at radius 3 is 2.81 bits per heavy atom. The molecule has 0 aliphatic rings. The molecule has 0 unspecified atom stereocenters. The summed E-state index contributed by atoms with van der Waals surface area (Å²) in [6, 6.07) is 5.17. The average Bonchev–Trinajstić information content (AvgIpc) is 2.44. The second-order valence-electron chi connectivity index (χ2n) is 5.28. The molecular formula is C15H24N2O3S. The van der Waals surface area contributed by atoms with Crippen LogP contribution in [0.3, 0.4) is 0 Å². The molecule has 0 spiro atoms. The number of hydrogen-bond donors (Lipinski definition) is 1. The summed E-state index contributed by atoms with van der Waals surface area (Å²) in [5, 5.41) is 14.4. The van der Waals surface area contributed by atoms with E-state index in [1.807, 2.05) is 12.3 Å². The van der Waals surface area contributed by atoms with E-state index in [-0.39, 0.29) is 10.6 Å². The normalized spacial score (nSPS) is 10.9. The molecule has 0 amide bonds. The topological polar surface area (TPSA) is 64.4 Å². The van der Waals surface area contributed by atoms with Crippen molar-refractivity contribution in [3.8, 4) is 5.75 Å². The van der Waals surface area contributed by atoms with Crippen LogP contribution in [-0.2, 0) is 6.54 Å². The van der Waals surface area contributed by atoms with E-state index in [9.17, 15) is 10.1 Å². The number of hydrogen-bond acceptors (Lipinski definition) is 5. The van der Waals surface area contributed by atoms with Gasteiger partial charge in [-0.3, -0.25) is 10.1 Å². The minimum Gasteiger partial charge on any atom is -0.487 e. The summed E-state index contributed by atoms with van der Waals surface area (Å²) in [6.07, 6.45) is 2.91. The SMILES string of the molecule is CSCCCOc1ccc(CNCC(C)C)cc1[N+](=O)[O-]. The molecule has 118 valence electrons. The fraction of sp³-hybridized carbons (Fsp3) is 0.600. The number of rotatable bonds is 10. The predicted molar refractivity (Wildman–Crippen MR) is 88.1 cm³/mol. The fourth-order valence-corrected chi connectivity index (χ4v) is 2.23. The van der Waals surface area contributed by atoms with Crippen LogP contribution in [0.5, 0.6) is 5.75 Å². The molecule has 0 bridgehead atoms. The Morgan fingerprint density at radius 1 is 1.43 bits per heavy atom. The molecule has 0 radical (unpaired) electrons. The second kappa shape index (κ2) is 9.63. The second-order valence-corrected chi connectivity index (χ2v) is 6.26. The number of nitrogens with zero attached hydrogens (tertiary/aromatic N) is 1. The lowest BCUT2D eigenvalue weighted by Gasteiger charge is -2.10. The quantitative estimate of drug-likeness (QED) is 0.407. The van der Waals surface area contributed by atoms with E-state index in [0.717, 1.165) is 24.3 Å². The van der Waals surface area contributed by atoms with Gasteiger partial charge in [0.15, 0.2) is 5.75 Å². The van der Waals surface area contributed by atoms with Crippen LogP contribution in [0.25, 0.3) is 0 Å². The van der Waals surface area contributed by atoms with E-state index in [4.69, 9.17) is 4.74 Å². The Morgan fingerprint density at radius 2 is 2.19 bits per heavy atom. The van der Waals surface area contributed by atoms with Gasteiger partial charge in [-0.2, -0.15) is 11.8 Å². The molecule has 5 nitrogen and oxygen atoms in total. The molecule has 0 aliphatic heterocycles. The first-order chi connectivity index (χ1) is 10.0. The van der Waals surface area contributed by atoms with Crippen LogP contribution in [-0.4, -0.2) is 30.1 Å². The zero-order valence-corrected chi connectivity index (χ0v) is 13.7. The maximum atomic E-state index is 11.1. The standard InChI is InChI=1S/C15H24N2O3S/c1-12(2)10-16-11-13-5-6-15(14(9-13)17(18)19)20-7-4-8-21-3/h5-6,9,12,16H,4,7-8,10-11H2,1-3H3. The van der Waals surface area contributed by atoms with Crippen molar-refractivity contribution in [2.24, 2.45) is 5.92 Å². The summed E-state index contributed by atoms with van der Waals surface area (Å²) in [4.78, 5) is 10.8. The van der Waals surface area contributed by atoms with Crippen molar-refractivity contribution < 1.29 is 9.66 Å². The highest BCUT2D eigenvalue weighted by Gasteiger charge is 2.15. The van der Waals surface area contributed by atoms with Crippen molar-refractivity contribution in [1.29, 1.82) is 0 Å². The van der Waals surface area contributed by atoms with Crippen molar-refractivity contribution >= 4 is 17.4 Å². The molecule has 1 rings (SSSR count). The first-order valence-corrected chi connectivity index (χ1v) is 8.53. The number of thioether (sulfide) groups is 1. The zero-order valence-electron chi connectivity index (χ0n) is 12.9. The Labute approximate surface area is 130 Å². The molecule has 0 fully saturated rings. The minimum atomic E-state index is -0.379. The van der Waals surface area contributed by atoms with Crippen molar-refractivity contribution in [3.05, 3.63) is 33.9 Å². The fourth-order valence-electron chi connectivity index (χ4n) is 1.83. The number of benzene rings is 1. The number of nitrogens with one attached hydrogen (secondary N) is 1. The zero-order chi connectivity index (χ0) is 15.7. The van der Waals surface area contributed by atoms with Gasteiger partial charge < -0.3 is 10.1 Å². The first-order valence-electron chi connectivity index (χ1n) is 7.14. The predicted octanol–water partition coefficient (Wildman–Crippen LogP) is 3.47. The Bertz CT molecular complexity index is 453. The highest BCUT2D eigenvalue weighted by Crippen LogP contribution is 2.28. The van der Waals surface area contributed by atoms with Crippen LogP contribution in [0.2, 0.25) is 0 Å². The molecule has 0 saturated heterocycles. The van der Waals surface area contributed by atoms with Crippen LogP contribution >= 0.6 is 11.8 Å². The van der Waals surface area contributed by atoms with E-state index >= 15 is 0 Å². The van der Waals surface area contributed by atoms with Gasteiger partial charge in [0.1, 0.15) is 0 Å². The smallest absolute Gasteiger partial charge is 0.311 e. The molecule has 1 aromatic carbocycles. The van der Waals surface area contributed by atoms with Gasteiger partial charge in [0, 0.05) is 12.6 Å². The lowest BCUT2D eigenvalue weighted by atomic mass is 10.1. The third-order valence-corrected chi connectivity index (χ3v) is 3.55. The van der Waals surface area contributed by atoms with Gasteiger partial charge in [-0.05, 0) is 42.5 Å². The van der Waals surface area contributed by atoms with Crippen LogP contribution < -0.4 is 10.1 Å². The molecule has 0 atom stereocenters. The van der Waals surface area contributed by atoms with Crippen LogP contribution in [0.15, 0.2) is 18.2 Å². The van der Waals surface area contributed by atoms with Gasteiger partial charge in [-0.1, -0.05) is 19.9 Å². The molecule has 0 saturated carbocycles. The van der Waals surface area contributed by atoms with E-state index in [1.165, 1.54) is 0 Å². The van der Waals surface area contributed by atoms with Gasteiger partial charge in [-0.25, -0.2) is 0 Å².